The second kappa shape index (κ2) is 12.8. The van der Waals surface area contributed by atoms with Crippen molar-refractivity contribution in [3.8, 4) is 22.6 Å². The van der Waals surface area contributed by atoms with Gasteiger partial charge in [-0.3, -0.25) is 5.10 Å². The van der Waals surface area contributed by atoms with Gasteiger partial charge in [0, 0.05) is 11.3 Å². The van der Waals surface area contributed by atoms with Crippen LogP contribution in [0.3, 0.4) is 0 Å². The summed E-state index contributed by atoms with van der Waals surface area (Å²) in [5.74, 6) is 0.912. The van der Waals surface area contributed by atoms with Crippen molar-refractivity contribution in [2.24, 2.45) is 0 Å². The highest BCUT2D eigenvalue weighted by Gasteiger charge is 2.11. The van der Waals surface area contributed by atoms with Gasteiger partial charge in [0.25, 0.3) is 0 Å². The molecule has 0 saturated carbocycles. The van der Waals surface area contributed by atoms with Crippen LogP contribution in [0.25, 0.3) is 11.1 Å². The van der Waals surface area contributed by atoms with Crippen LogP contribution in [-0.4, -0.2) is 22.8 Å². The Balaban J connectivity index is 1.41. The molecule has 0 spiro atoms. The van der Waals surface area contributed by atoms with Gasteiger partial charge in [-0.2, -0.15) is 5.10 Å². The Bertz CT molecular complexity index is 971. The SMILES string of the molecule is CCCCCCCCCCOc1ccc(C(=O)Oc2ccc(-c3c(C)n[nH]c3C)cc2)cc1. The van der Waals surface area contributed by atoms with Crippen LogP contribution >= 0.6 is 0 Å². The van der Waals surface area contributed by atoms with Gasteiger partial charge in [0.15, 0.2) is 0 Å². The van der Waals surface area contributed by atoms with Crippen molar-refractivity contribution >= 4 is 5.97 Å². The number of aromatic nitrogens is 2. The molecule has 0 aliphatic heterocycles. The van der Waals surface area contributed by atoms with E-state index in [4.69, 9.17) is 9.47 Å². The van der Waals surface area contributed by atoms with Crippen LogP contribution in [0.2, 0.25) is 0 Å². The molecule has 33 heavy (non-hydrogen) atoms. The molecule has 1 N–H and O–H groups in total. The fraction of sp³-hybridized carbons (Fsp3) is 0.429. The largest absolute Gasteiger partial charge is 0.494 e. The number of ether oxygens (including phenoxy) is 2. The second-order valence-corrected chi connectivity index (χ2v) is 8.57. The Morgan fingerprint density at radius 1 is 0.818 bits per heavy atom. The van der Waals surface area contributed by atoms with Crippen molar-refractivity contribution in [3.05, 3.63) is 65.5 Å². The van der Waals surface area contributed by atoms with Gasteiger partial charge in [-0.25, -0.2) is 4.79 Å². The van der Waals surface area contributed by atoms with Crippen molar-refractivity contribution < 1.29 is 14.3 Å². The van der Waals surface area contributed by atoms with Gasteiger partial charge in [0.05, 0.1) is 17.9 Å². The van der Waals surface area contributed by atoms with Crippen molar-refractivity contribution in [2.75, 3.05) is 6.61 Å². The van der Waals surface area contributed by atoms with E-state index in [0.29, 0.717) is 17.9 Å². The van der Waals surface area contributed by atoms with E-state index < -0.39 is 0 Å². The van der Waals surface area contributed by atoms with Crippen molar-refractivity contribution in [2.45, 2.75) is 72.1 Å². The summed E-state index contributed by atoms with van der Waals surface area (Å²) < 4.78 is 11.3. The lowest BCUT2D eigenvalue weighted by atomic mass is 10.0. The zero-order valence-electron chi connectivity index (χ0n) is 20.2. The molecule has 0 aliphatic carbocycles. The van der Waals surface area contributed by atoms with Gasteiger partial charge in [-0.15, -0.1) is 0 Å². The molecule has 3 aromatic rings. The number of aryl methyl sites for hydroxylation is 2. The third-order valence-electron chi connectivity index (χ3n) is 5.84. The van der Waals surface area contributed by atoms with E-state index >= 15 is 0 Å². The highest BCUT2D eigenvalue weighted by atomic mass is 16.5. The zero-order valence-corrected chi connectivity index (χ0v) is 20.2. The standard InChI is InChI=1S/C28H36N2O3/c1-4-5-6-7-8-9-10-11-20-32-25-16-14-24(15-17-25)28(31)33-26-18-12-23(13-19-26)27-21(2)29-30-22(27)3/h12-19H,4-11,20H2,1-3H3,(H,29,30). The predicted octanol–water partition coefficient (Wildman–Crippen LogP) is 7.43. The monoisotopic (exact) mass is 448 g/mol. The zero-order chi connectivity index (χ0) is 23.5. The van der Waals surface area contributed by atoms with Gasteiger partial charge in [0.2, 0.25) is 0 Å². The number of carbonyl (C=O) groups excluding carboxylic acids is 1. The summed E-state index contributed by atoms with van der Waals surface area (Å²) in [6, 6.07) is 14.6. The molecule has 0 bridgehead atoms. The summed E-state index contributed by atoms with van der Waals surface area (Å²) in [6.07, 6.45) is 10.2. The maximum atomic E-state index is 12.5. The number of nitrogens with one attached hydrogen (secondary N) is 1. The molecule has 1 heterocycles. The average molecular weight is 449 g/mol. The molecule has 0 aliphatic rings. The molecule has 5 nitrogen and oxygen atoms in total. The van der Waals surface area contributed by atoms with Crippen LogP contribution in [-0.2, 0) is 0 Å². The van der Waals surface area contributed by atoms with Crippen LogP contribution in [0.5, 0.6) is 11.5 Å². The van der Waals surface area contributed by atoms with Crippen molar-refractivity contribution in [1.29, 1.82) is 0 Å². The number of esters is 1. The minimum absolute atomic E-state index is 0.381. The fourth-order valence-corrected chi connectivity index (χ4v) is 3.95. The maximum absolute atomic E-state index is 12.5. The van der Waals surface area contributed by atoms with Crippen LogP contribution in [0, 0.1) is 13.8 Å². The van der Waals surface area contributed by atoms with Gasteiger partial charge in [-0.1, -0.05) is 64.0 Å². The van der Waals surface area contributed by atoms with Crippen molar-refractivity contribution in [1.82, 2.24) is 10.2 Å². The summed E-state index contributed by atoms with van der Waals surface area (Å²) in [5, 5.41) is 7.23. The number of aromatic amines is 1. The van der Waals surface area contributed by atoms with E-state index in [1.807, 2.05) is 38.1 Å². The number of benzene rings is 2. The molecular formula is C28H36N2O3. The number of rotatable bonds is 13. The number of carbonyl (C=O) groups is 1. The molecule has 0 saturated heterocycles. The third kappa shape index (κ3) is 7.48. The number of hydrogen-bond donors (Lipinski definition) is 1. The van der Waals surface area contributed by atoms with E-state index in [2.05, 4.69) is 17.1 Å². The smallest absolute Gasteiger partial charge is 0.343 e. The quantitative estimate of drug-likeness (QED) is 0.168. The number of nitrogens with zero attached hydrogens (tertiary/aromatic N) is 1. The number of unbranched alkanes of at least 4 members (excludes halogenated alkanes) is 7. The Hall–Kier alpha value is -3.08. The van der Waals surface area contributed by atoms with Gasteiger partial charge in [-0.05, 0) is 62.2 Å². The van der Waals surface area contributed by atoms with E-state index in [9.17, 15) is 4.79 Å². The molecule has 0 amide bonds. The molecule has 176 valence electrons. The normalized spacial score (nSPS) is 10.9. The highest BCUT2D eigenvalue weighted by molar-refractivity contribution is 5.91. The highest BCUT2D eigenvalue weighted by Crippen LogP contribution is 2.27. The first-order chi connectivity index (χ1) is 16.1. The van der Waals surface area contributed by atoms with Gasteiger partial charge < -0.3 is 9.47 Å². The summed E-state index contributed by atoms with van der Waals surface area (Å²) in [5.41, 5.74) is 4.58. The van der Waals surface area contributed by atoms with E-state index in [0.717, 1.165) is 34.7 Å². The van der Waals surface area contributed by atoms with Crippen LogP contribution < -0.4 is 9.47 Å². The maximum Gasteiger partial charge on any atom is 0.343 e. The Labute approximate surface area is 197 Å². The summed E-state index contributed by atoms with van der Waals surface area (Å²) in [7, 11) is 0. The Morgan fingerprint density at radius 2 is 1.42 bits per heavy atom. The van der Waals surface area contributed by atoms with Crippen LogP contribution in [0.4, 0.5) is 0 Å². The molecule has 2 aromatic carbocycles. The molecular weight excluding hydrogens is 412 g/mol. The first kappa shape index (κ1) is 24.6. The fourth-order valence-electron chi connectivity index (χ4n) is 3.95. The van der Waals surface area contributed by atoms with E-state index in [1.165, 1.54) is 44.9 Å². The first-order valence-electron chi connectivity index (χ1n) is 12.2. The molecule has 5 heteroatoms. The minimum Gasteiger partial charge on any atom is -0.494 e. The summed E-state index contributed by atoms with van der Waals surface area (Å²) in [6.45, 7) is 6.92. The molecule has 0 atom stereocenters. The summed E-state index contributed by atoms with van der Waals surface area (Å²) in [4.78, 5) is 12.5. The van der Waals surface area contributed by atoms with E-state index in [1.54, 1.807) is 24.3 Å². The number of H-pyrrole nitrogens is 1. The number of hydrogen-bond acceptors (Lipinski definition) is 4. The average Bonchev–Trinajstić information content (AvgIpc) is 3.16. The van der Waals surface area contributed by atoms with Crippen LogP contribution in [0.15, 0.2) is 48.5 Å². The lowest BCUT2D eigenvalue weighted by Gasteiger charge is -2.08. The van der Waals surface area contributed by atoms with Crippen LogP contribution in [0.1, 0.15) is 80.0 Å². The van der Waals surface area contributed by atoms with E-state index in [-0.39, 0.29) is 5.97 Å². The lowest BCUT2D eigenvalue weighted by Crippen LogP contribution is -2.08. The Morgan fingerprint density at radius 3 is 2.03 bits per heavy atom. The molecule has 0 fully saturated rings. The van der Waals surface area contributed by atoms with Crippen molar-refractivity contribution in [3.63, 3.8) is 0 Å². The van der Waals surface area contributed by atoms with Gasteiger partial charge >= 0.3 is 5.97 Å². The second-order valence-electron chi connectivity index (χ2n) is 8.57. The Kier molecular flexibility index (Phi) is 9.55. The molecule has 1 aromatic heterocycles. The predicted molar refractivity (Wildman–Crippen MR) is 133 cm³/mol. The molecule has 0 unspecified atom stereocenters. The summed E-state index contributed by atoms with van der Waals surface area (Å²) >= 11 is 0. The topological polar surface area (TPSA) is 64.2 Å². The van der Waals surface area contributed by atoms with Gasteiger partial charge in [0.1, 0.15) is 11.5 Å². The lowest BCUT2D eigenvalue weighted by molar-refractivity contribution is 0.0734. The third-order valence-corrected chi connectivity index (χ3v) is 5.84. The molecule has 3 rings (SSSR count). The minimum atomic E-state index is -0.381. The molecule has 0 radical (unpaired) electrons. The first-order valence-corrected chi connectivity index (χ1v) is 12.2.